The van der Waals surface area contributed by atoms with Crippen LogP contribution < -0.4 is 10.1 Å². The SMILES string of the molecule is C=CC(=O)Nc1cccc(Oc2cnc3[nH]cc(-c4ccc(-c5cccnc5)nc4)c3c2)c1. The molecule has 5 aromatic rings. The number of pyridine rings is 3. The number of ether oxygens (including phenoxy) is 1. The number of nitrogens with zero attached hydrogens (tertiary/aromatic N) is 3. The second-order valence-electron chi connectivity index (χ2n) is 7.27. The Morgan fingerprint density at radius 3 is 2.70 bits per heavy atom. The van der Waals surface area contributed by atoms with E-state index in [1.54, 1.807) is 36.8 Å². The first-order chi connectivity index (χ1) is 16.2. The van der Waals surface area contributed by atoms with Crippen molar-refractivity contribution >= 4 is 22.6 Å². The Morgan fingerprint density at radius 1 is 0.970 bits per heavy atom. The fourth-order valence-corrected chi connectivity index (χ4v) is 3.48. The molecule has 0 saturated carbocycles. The van der Waals surface area contributed by atoms with Crippen molar-refractivity contribution < 1.29 is 9.53 Å². The molecule has 0 spiro atoms. The number of hydrogen-bond donors (Lipinski definition) is 2. The van der Waals surface area contributed by atoms with Gasteiger partial charge in [-0.25, -0.2) is 4.98 Å². The molecule has 33 heavy (non-hydrogen) atoms. The Labute approximate surface area is 189 Å². The highest BCUT2D eigenvalue weighted by Crippen LogP contribution is 2.32. The molecule has 0 fully saturated rings. The van der Waals surface area contributed by atoms with Crippen molar-refractivity contribution in [1.29, 1.82) is 0 Å². The van der Waals surface area contributed by atoms with E-state index in [0.29, 0.717) is 17.2 Å². The minimum Gasteiger partial charge on any atom is -0.456 e. The van der Waals surface area contributed by atoms with Crippen LogP contribution in [-0.2, 0) is 4.79 Å². The van der Waals surface area contributed by atoms with E-state index < -0.39 is 0 Å². The number of anilines is 1. The van der Waals surface area contributed by atoms with E-state index in [2.05, 4.69) is 31.8 Å². The highest BCUT2D eigenvalue weighted by atomic mass is 16.5. The van der Waals surface area contributed by atoms with Gasteiger partial charge in [0.15, 0.2) is 0 Å². The van der Waals surface area contributed by atoms with Gasteiger partial charge in [0.1, 0.15) is 17.1 Å². The molecule has 7 nitrogen and oxygen atoms in total. The molecule has 0 aliphatic rings. The summed E-state index contributed by atoms with van der Waals surface area (Å²) in [4.78, 5) is 28.0. The fraction of sp³-hybridized carbons (Fsp3) is 0. The minimum atomic E-state index is -0.282. The quantitative estimate of drug-likeness (QED) is 0.340. The van der Waals surface area contributed by atoms with Gasteiger partial charge in [0, 0.05) is 58.6 Å². The van der Waals surface area contributed by atoms with Crippen molar-refractivity contribution in [2.24, 2.45) is 0 Å². The predicted octanol–water partition coefficient (Wildman–Crippen LogP) is 5.60. The third-order valence-electron chi connectivity index (χ3n) is 5.06. The smallest absolute Gasteiger partial charge is 0.247 e. The van der Waals surface area contributed by atoms with Crippen LogP contribution in [0, 0.1) is 0 Å². The minimum absolute atomic E-state index is 0.282. The van der Waals surface area contributed by atoms with Crippen LogP contribution in [0.1, 0.15) is 0 Å². The van der Waals surface area contributed by atoms with Crippen LogP contribution in [0.2, 0.25) is 0 Å². The van der Waals surface area contributed by atoms with Crippen LogP contribution in [0.5, 0.6) is 11.5 Å². The third-order valence-corrected chi connectivity index (χ3v) is 5.06. The van der Waals surface area contributed by atoms with Gasteiger partial charge >= 0.3 is 0 Å². The number of rotatable bonds is 6. The van der Waals surface area contributed by atoms with E-state index in [9.17, 15) is 4.79 Å². The van der Waals surface area contributed by atoms with Gasteiger partial charge in [-0.15, -0.1) is 0 Å². The lowest BCUT2D eigenvalue weighted by Crippen LogP contribution is -2.06. The lowest BCUT2D eigenvalue weighted by atomic mass is 10.1. The molecule has 0 saturated heterocycles. The molecule has 5 rings (SSSR count). The lowest BCUT2D eigenvalue weighted by molar-refractivity contribution is -0.111. The maximum absolute atomic E-state index is 11.5. The topological polar surface area (TPSA) is 92.8 Å². The molecule has 7 heteroatoms. The molecule has 4 heterocycles. The van der Waals surface area contributed by atoms with Crippen LogP contribution in [0.4, 0.5) is 5.69 Å². The van der Waals surface area contributed by atoms with Crippen LogP contribution in [-0.4, -0.2) is 25.8 Å². The molecule has 2 N–H and O–H groups in total. The van der Waals surface area contributed by atoms with Crippen molar-refractivity contribution in [3.63, 3.8) is 0 Å². The number of nitrogens with one attached hydrogen (secondary N) is 2. The Hall–Kier alpha value is -4.78. The fourth-order valence-electron chi connectivity index (χ4n) is 3.48. The van der Waals surface area contributed by atoms with Gasteiger partial charge in [0.05, 0.1) is 11.9 Å². The van der Waals surface area contributed by atoms with Crippen LogP contribution in [0.25, 0.3) is 33.4 Å². The second-order valence-corrected chi connectivity index (χ2v) is 7.27. The monoisotopic (exact) mass is 433 g/mol. The maximum atomic E-state index is 11.5. The summed E-state index contributed by atoms with van der Waals surface area (Å²) in [6, 6.07) is 16.9. The lowest BCUT2D eigenvalue weighted by Gasteiger charge is -2.08. The van der Waals surface area contributed by atoms with Gasteiger partial charge in [-0.3, -0.25) is 14.8 Å². The van der Waals surface area contributed by atoms with E-state index in [1.165, 1.54) is 6.08 Å². The van der Waals surface area contributed by atoms with Crippen LogP contribution >= 0.6 is 0 Å². The molecule has 0 radical (unpaired) electrons. The Kier molecular flexibility index (Phi) is 5.35. The summed E-state index contributed by atoms with van der Waals surface area (Å²) in [6.45, 7) is 3.46. The first kappa shape index (κ1) is 20.1. The zero-order valence-electron chi connectivity index (χ0n) is 17.5. The molecule has 0 atom stereocenters. The van der Waals surface area contributed by atoms with Crippen molar-refractivity contribution in [1.82, 2.24) is 19.9 Å². The normalized spacial score (nSPS) is 10.7. The average Bonchev–Trinajstić information content (AvgIpc) is 3.28. The van der Waals surface area contributed by atoms with Crippen LogP contribution in [0.15, 0.2) is 98.2 Å². The Bertz CT molecular complexity index is 1440. The largest absolute Gasteiger partial charge is 0.456 e. The highest BCUT2D eigenvalue weighted by molar-refractivity contribution is 5.99. The van der Waals surface area contributed by atoms with E-state index in [0.717, 1.165) is 33.4 Å². The standard InChI is InChI=1S/C26H19N5O2/c1-2-25(32)31-19-6-3-7-20(11-19)33-21-12-22-23(16-30-26(22)29-15-21)17-8-9-24(28-14-17)18-5-4-10-27-13-18/h2-16H,1H2,(H,29,30)(H,31,32). The first-order valence-electron chi connectivity index (χ1n) is 10.2. The molecule has 4 aromatic heterocycles. The molecular weight excluding hydrogens is 414 g/mol. The van der Waals surface area contributed by atoms with Gasteiger partial charge in [0.25, 0.3) is 0 Å². The highest BCUT2D eigenvalue weighted by Gasteiger charge is 2.11. The second kappa shape index (κ2) is 8.76. The molecule has 1 aromatic carbocycles. The number of fused-ring (bicyclic) bond motifs is 1. The van der Waals surface area contributed by atoms with E-state index in [4.69, 9.17) is 4.74 Å². The number of carbonyl (C=O) groups is 1. The summed E-state index contributed by atoms with van der Waals surface area (Å²) in [5.74, 6) is 0.878. The molecule has 0 aliphatic carbocycles. The van der Waals surface area contributed by atoms with Crippen molar-refractivity contribution in [3.05, 3.63) is 98.2 Å². The summed E-state index contributed by atoms with van der Waals surface area (Å²) >= 11 is 0. The number of amides is 1. The number of aromatic amines is 1. The first-order valence-corrected chi connectivity index (χ1v) is 10.2. The average molecular weight is 433 g/mol. The molecule has 1 amide bonds. The van der Waals surface area contributed by atoms with E-state index in [-0.39, 0.29) is 5.91 Å². The summed E-state index contributed by atoms with van der Waals surface area (Å²) < 4.78 is 6.00. The van der Waals surface area contributed by atoms with Gasteiger partial charge < -0.3 is 15.0 Å². The Balaban J connectivity index is 1.42. The molecular formula is C26H19N5O2. The van der Waals surface area contributed by atoms with Crippen LogP contribution in [0.3, 0.4) is 0 Å². The molecule has 0 aliphatic heterocycles. The summed E-state index contributed by atoms with van der Waals surface area (Å²) in [6.07, 6.45) is 10.2. The number of H-pyrrole nitrogens is 1. The van der Waals surface area contributed by atoms with Gasteiger partial charge in [-0.2, -0.15) is 0 Å². The van der Waals surface area contributed by atoms with Gasteiger partial charge in [-0.05, 0) is 42.5 Å². The summed E-state index contributed by atoms with van der Waals surface area (Å²) in [5.41, 5.74) is 5.13. The van der Waals surface area contributed by atoms with Crippen molar-refractivity contribution in [2.45, 2.75) is 0 Å². The maximum Gasteiger partial charge on any atom is 0.247 e. The summed E-state index contributed by atoms with van der Waals surface area (Å²) in [5, 5.41) is 3.64. The number of hydrogen-bond acceptors (Lipinski definition) is 5. The van der Waals surface area contributed by atoms with Crippen molar-refractivity contribution in [2.75, 3.05) is 5.32 Å². The molecule has 0 bridgehead atoms. The third kappa shape index (κ3) is 4.33. The van der Waals surface area contributed by atoms with Crippen molar-refractivity contribution in [3.8, 4) is 33.9 Å². The molecule has 0 unspecified atom stereocenters. The van der Waals surface area contributed by atoms with Gasteiger partial charge in [-0.1, -0.05) is 18.7 Å². The molecule has 160 valence electrons. The number of carbonyl (C=O) groups excluding carboxylic acids is 1. The zero-order valence-corrected chi connectivity index (χ0v) is 17.5. The zero-order chi connectivity index (χ0) is 22.6. The number of benzene rings is 1. The Morgan fingerprint density at radius 2 is 1.91 bits per heavy atom. The summed E-state index contributed by atoms with van der Waals surface area (Å²) in [7, 11) is 0. The predicted molar refractivity (Wildman–Crippen MR) is 128 cm³/mol. The number of aromatic nitrogens is 4. The van der Waals surface area contributed by atoms with Gasteiger partial charge in [0.2, 0.25) is 5.91 Å². The van der Waals surface area contributed by atoms with E-state index in [1.807, 2.05) is 48.8 Å². The van der Waals surface area contributed by atoms with E-state index >= 15 is 0 Å².